The largest absolute Gasteiger partial charge is 0.365 e. The number of hydrogen-bond donors (Lipinski definition) is 1. The van der Waals surface area contributed by atoms with Crippen LogP contribution in [0.1, 0.15) is 25.3 Å². The van der Waals surface area contributed by atoms with Crippen LogP contribution in [0.4, 0.5) is 5.82 Å². The minimum absolute atomic E-state index is 0.161. The van der Waals surface area contributed by atoms with E-state index in [1.807, 2.05) is 24.0 Å². The van der Waals surface area contributed by atoms with E-state index in [0.29, 0.717) is 6.04 Å². The second kappa shape index (κ2) is 5.17. The molecule has 0 spiro atoms. The molecule has 1 aromatic heterocycles. The van der Waals surface area contributed by atoms with Gasteiger partial charge in [-0.2, -0.15) is 0 Å². The third-order valence-electron chi connectivity index (χ3n) is 3.22. The van der Waals surface area contributed by atoms with Crippen LogP contribution in [0.5, 0.6) is 0 Å². The lowest BCUT2D eigenvalue weighted by Gasteiger charge is -2.33. The van der Waals surface area contributed by atoms with E-state index >= 15 is 0 Å². The maximum absolute atomic E-state index is 11.3. The normalized spacial score (nSPS) is 20.1. The molecule has 4 heteroatoms. The van der Waals surface area contributed by atoms with Crippen molar-refractivity contribution in [3.63, 3.8) is 0 Å². The molecular formula is C13H19N3O. The topological polar surface area (TPSA) is 45.2 Å². The molecule has 0 aromatic carbocycles. The Morgan fingerprint density at radius 3 is 3.12 bits per heavy atom. The van der Waals surface area contributed by atoms with Gasteiger partial charge in [0.2, 0.25) is 5.91 Å². The van der Waals surface area contributed by atoms with Gasteiger partial charge in [-0.15, -0.1) is 0 Å². The van der Waals surface area contributed by atoms with Crippen molar-refractivity contribution >= 4 is 11.7 Å². The number of aryl methyl sites for hydroxylation is 1. The molecule has 1 aromatic rings. The van der Waals surface area contributed by atoms with Crippen molar-refractivity contribution in [3.8, 4) is 0 Å². The Morgan fingerprint density at radius 1 is 1.59 bits per heavy atom. The van der Waals surface area contributed by atoms with Gasteiger partial charge in [0.15, 0.2) is 0 Å². The van der Waals surface area contributed by atoms with Crippen LogP contribution in [-0.4, -0.2) is 34.9 Å². The molecule has 1 saturated heterocycles. The first-order chi connectivity index (χ1) is 8.16. The zero-order valence-corrected chi connectivity index (χ0v) is 10.4. The first kappa shape index (κ1) is 11.9. The molecule has 0 bridgehead atoms. The third-order valence-corrected chi connectivity index (χ3v) is 3.22. The van der Waals surface area contributed by atoms with Gasteiger partial charge in [0.25, 0.3) is 0 Å². The number of carbonyl (C=O) groups is 1. The summed E-state index contributed by atoms with van der Waals surface area (Å²) < 4.78 is 0. The zero-order chi connectivity index (χ0) is 12.3. The number of rotatable bonds is 2. The number of likely N-dealkylation sites (tertiary alicyclic amines) is 1. The van der Waals surface area contributed by atoms with E-state index in [4.69, 9.17) is 0 Å². The quantitative estimate of drug-likeness (QED) is 0.847. The Labute approximate surface area is 102 Å². The van der Waals surface area contributed by atoms with Crippen molar-refractivity contribution in [2.24, 2.45) is 0 Å². The highest BCUT2D eigenvalue weighted by Gasteiger charge is 2.21. The first-order valence-corrected chi connectivity index (χ1v) is 6.10. The lowest BCUT2D eigenvalue weighted by Crippen LogP contribution is -2.44. The molecule has 1 N–H and O–H groups in total. The van der Waals surface area contributed by atoms with Gasteiger partial charge in [0, 0.05) is 32.3 Å². The summed E-state index contributed by atoms with van der Waals surface area (Å²) in [6.45, 7) is 5.34. The van der Waals surface area contributed by atoms with Crippen molar-refractivity contribution in [2.75, 3.05) is 18.4 Å². The lowest BCUT2D eigenvalue weighted by atomic mass is 10.1. The Balaban J connectivity index is 1.99. The van der Waals surface area contributed by atoms with Gasteiger partial charge in [0.05, 0.1) is 0 Å². The van der Waals surface area contributed by atoms with E-state index in [1.165, 1.54) is 0 Å². The molecule has 2 heterocycles. The summed E-state index contributed by atoms with van der Waals surface area (Å²) in [5.74, 6) is 1.09. The summed E-state index contributed by atoms with van der Waals surface area (Å²) >= 11 is 0. The van der Waals surface area contributed by atoms with Gasteiger partial charge in [-0.1, -0.05) is 6.07 Å². The average Bonchev–Trinajstić information content (AvgIpc) is 2.32. The second-order valence-electron chi connectivity index (χ2n) is 4.62. The minimum atomic E-state index is 0.161. The van der Waals surface area contributed by atoms with Gasteiger partial charge in [-0.25, -0.2) is 4.98 Å². The first-order valence-electron chi connectivity index (χ1n) is 6.10. The van der Waals surface area contributed by atoms with E-state index in [-0.39, 0.29) is 5.91 Å². The van der Waals surface area contributed by atoms with Gasteiger partial charge in [0.1, 0.15) is 5.82 Å². The standard InChI is InChI=1S/C13H19N3O/c1-10-5-3-7-14-13(10)15-12-6-4-8-16(9-12)11(2)17/h3,5,7,12H,4,6,8-9H2,1-2H3,(H,14,15). The van der Waals surface area contributed by atoms with Gasteiger partial charge in [-0.3, -0.25) is 4.79 Å². The van der Waals surface area contributed by atoms with Crippen LogP contribution in [0.25, 0.3) is 0 Å². The highest BCUT2D eigenvalue weighted by Crippen LogP contribution is 2.17. The van der Waals surface area contributed by atoms with Crippen LogP contribution in [-0.2, 0) is 4.79 Å². The number of aromatic nitrogens is 1. The Hall–Kier alpha value is -1.58. The van der Waals surface area contributed by atoms with E-state index in [2.05, 4.69) is 10.3 Å². The van der Waals surface area contributed by atoms with Crippen molar-refractivity contribution < 1.29 is 4.79 Å². The molecule has 0 saturated carbocycles. The van der Waals surface area contributed by atoms with E-state index in [9.17, 15) is 4.79 Å². The summed E-state index contributed by atoms with van der Waals surface area (Å²) in [4.78, 5) is 17.6. The predicted octanol–water partition coefficient (Wildman–Crippen LogP) is 1.81. The van der Waals surface area contributed by atoms with E-state index < -0.39 is 0 Å². The predicted molar refractivity (Wildman–Crippen MR) is 67.9 cm³/mol. The molecule has 4 nitrogen and oxygen atoms in total. The number of pyridine rings is 1. The lowest BCUT2D eigenvalue weighted by molar-refractivity contribution is -0.129. The third kappa shape index (κ3) is 2.96. The van der Waals surface area contributed by atoms with Crippen LogP contribution in [0, 0.1) is 6.92 Å². The maximum atomic E-state index is 11.3. The average molecular weight is 233 g/mol. The fourth-order valence-corrected chi connectivity index (χ4v) is 2.21. The number of amides is 1. The van der Waals surface area contributed by atoms with Gasteiger partial charge in [-0.05, 0) is 31.4 Å². The number of hydrogen-bond acceptors (Lipinski definition) is 3. The van der Waals surface area contributed by atoms with Crippen molar-refractivity contribution in [1.82, 2.24) is 9.88 Å². The van der Waals surface area contributed by atoms with Crippen molar-refractivity contribution in [3.05, 3.63) is 23.9 Å². The molecule has 92 valence electrons. The van der Waals surface area contributed by atoms with Crippen molar-refractivity contribution in [1.29, 1.82) is 0 Å². The molecule has 2 rings (SSSR count). The second-order valence-corrected chi connectivity index (χ2v) is 4.62. The Bertz CT molecular complexity index is 405. The molecule has 0 aliphatic carbocycles. The fraction of sp³-hybridized carbons (Fsp3) is 0.538. The number of piperidine rings is 1. The molecule has 1 aliphatic rings. The molecule has 0 radical (unpaired) electrons. The van der Waals surface area contributed by atoms with Crippen molar-refractivity contribution in [2.45, 2.75) is 32.7 Å². The molecule has 1 aliphatic heterocycles. The Morgan fingerprint density at radius 2 is 2.41 bits per heavy atom. The number of anilines is 1. The number of nitrogens with one attached hydrogen (secondary N) is 1. The van der Waals surface area contributed by atoms with Crippen LogP contribution in [0.2, 0.25) is 0 Å². The Kier molecular flexibility index (Phi) is 3.61. The molecular weight excluding hydrogens is 214 g/mol. The minimum Gasteiger partial charge on any atom is -0.365 e. The molecule has 17 heavy (non-hydrogen) atoms. The SMILES string of the molecule is CC(=O)N1CCCC(Nc2ncccc2C)C1. The molecule has 1 atom stereocenters. The highest BCUT2D eigenvalue weighted by molar-refractivity contribution is 5.73. The maximum Gasteiger partial charge on any atom is 0.219 e. The molecule has 1 fully saturated rings. The smallest absolute Gasteiger partial charge is 0.219 e. The van der Waals surface area contributed by atoms with Crippen LogP contribution >= 0.6 is 0 Å². The van der Waals surface area contributed by atoms with Gasteiger partial charge < -0.3 is 10.2 Å². The molecule has 1 unspecified atom stereocenters. The fourth-order valence-electron chi connectivity index (χ4n) is 2.21. The summed E-state index contributed by atoms with van der Waals surface area (Å²) in [5, 5.41) is 3.43. The molecule has 1 amide bonds. The number of carbonyl (C=O) groups excluding carboxylic acids is 1. The summed E-state index contributed by atoms with van der Waals surface area (Å²) in [6.07, 6.45) is 3.95. The van der Waals surface area contributed by atoms with Crippen LogP contribution < -0.4 is 5.32 Å². The van der Waals surface area contributed by atoms with E-state index in [1.54, 1.807) is 13.1 Å². The monoisotopic (exact) mass is 233 g/mol. The summed E-state index contributed by atoms with van der Waals surface area (Å²) in [5.41, 5.74) is 1.15. The zero-order valence-electron chi connectivity index (χ0n) is 10.4. The summed E-state index contributed by atoms with van der Waals surface area (Å²) in [6, 6.07) is 4.30. The van der Waals surface area contributed by atoms with Crippen LogP contribution in [0.3, 0.4) is 0 Å². The van der Waals surface area contributed by atoms with Crippen LogP contribution in [0.15, 0.2) is 18.3 Å². The highest BCUT2D eigenvalue weighted by atomic mass is 16.2. The van der Waals surface area contributed by atoms with Gasteiger partial charge >= 0.3 is 0 Å². The van der Waals surface area contributed by atoms with E-state index in [0.717, 1.165) is 37.3 Å². The summed E-state index contributed by atoms with van der Waals surface area (Å²) in [7, 11) is 0. The number of nitrogens with zero attached hydrogens (tertiary/aromatic N) is 2.